The molecule has 1 amide bonds. The van der Waals surface area contributed by atoms with E-state index in [1.165, 1.54) is 0 Å². The van der Waals surface area contributed by atoms with E-state index < -0.39 is 17.3 Å². The highest BCUT2D eigenvalue weighted by atomic mass is 16.6. The van der Waals surface area contributed by atoms with Gasteiger partial charge in [-0.05, 0) is 53.5 Å². The minimum atomic E-state index is -0.564. The van der Waals surface area contributed by atoms with Crippen molar-refractivity contribution in [1.29, 1.82) is 0 Å². The summed E-state index contributed by atoms with van der Waals surface area (Å²) in [6.07, 6.45) is 0.152. The van der Waals surface area contributed by atoms with Crippen LogP contribution in [0.25, 0.3) is 0 Å². The second kappa shape index (κ2) is 9.57. The Bertz CT molecular complexity index is 574. The van der Waals surface area contributed by atoms with Crippen molar-refractivity contribution in [3.8, 4) is 0 Å². The van der Waals surface area contributed by atoms with E-state index in [0.717, 1.165) is 5.56 Å². The highest BCUT2D eigenvalue weighted by Gasteiger charge is 2.21. The second-order valence-corrected chi connectivity index (χ2v) is 8.25. The van der Waals surface area contributed by atoms with Crippen molar-refractivity contribution in [3.63, 3.8) is 0 Å². The summed E-state index contributed by atoms with van der Waals surface area (Å²) in [6, 6.07) is 9.63. The zero-order chi connectivity index (χ0) is 19.8. The number of benzene rings is 1. The standard InChI is InChI=1S/C20H32N2O4/c1-19(2,3)25-17(23)14-21-13-16(12-15-10-8-7-9-11-15)22-18(24)26-20(4,5)6/h7-11,16,21H,12-14H2,1-6H3,(H,22,24)/t16-/m0/s1. The molecule has 1 atom stereocenters. The van der Waals surface area contributed by atoms with Gasteiger partial charge in [-0.25, -0.2) is 4.79 Å². The van der Waals surface area contributed by atoms with Crippen molar-refractivity contribution in [1.82, 2.24) is 10.6 Å². The second-order valence-electron chi connectivity index (χ2n) is 8.25. The molecule has 0 aliphatic heterocycles. The molecule has 1 aromatic rings. The van der Waals surface area contributed by atoms with Crippen molar-refractivity contribution in [3.05, 3.63) is 35.9 Å². The molecule has 6 heteroatoms. The molecule has 0 radical (unpaired) electrons. The first-order chi connectivity index (χ1) is 11.9. The Morgan fingerprint density at radius 3 is 2.08 bits per heavy atom. The monoisotopic (exact) mass is 364 g/mol. The highest BCUT2D eigenvalue weighted by Crippen LogP contribution is 2.09. The van der Waals surface area contributed by atoms with Crippen LogP contribution in [0, 0.1) is 0 Å². The Hall–Kier alpha value is -2.08. The summed E-state index contributed by atoms with van der Waals surface area (Å²) < 4.78 is 10.6. The topological polar surface area (TPSA) is 76.7 Å². The highest BCUT2D eigenvalue weighted by molar-refractivity contribution is 5.72. The number of carbonyl (C=O) groups is 2. The lowest BCUT2D eigenvalue weighted by Gasteiger charge is -2.24. The number of hydrogen-bond acceptors (Lipinski definition) is 5. The van der Waals surface area contributed by atoms with Crippen LogP contribution >= 0.6 is 0 Å². The maximum absolute atomic E-state index is 12.1. The van der Waals surface area contributed by atoms with Crippen LogP contribution in [0.3, 0.4) is 0 Å². The van der Waals surface area contributed by atoms with E-state index in [2.05, 4.69) is 10.6 Å². The number of nitrogens with one attached hydrogen (secondary N) is 2. The smallest absolute Gasteiger partial charge is 0.407 e. The number of alkyl carbamates (subject to hydrolysis) is 1. The van der Waals surface area contributed by atoms with Crippen LogP contribution < -0.4 is 10.6 Å². The fraction of sp³-hybridized carbons (Fsp3) is 0.600. The molecule has 0 fully saturated rings. The van der Waals surface area contributed by atoms with Gasteiger partial charge in [0.25, 0.3) is 0 Å². The molecule has 0 saturated heterocycles. The van der Waals surface area contributed by atoms with Gasteiger partial charge in [0, 0.05) is 12.6 Å². The summed E-state index contributed by atoms with van der Waals surface area (Å²) >= 11 is 0. The van der Waals surface area contributed by atoms with Crippen LogP contribution in [0.5, 0.6) is 0 Å². The Kier molecular flexibility index (Phi) is 8.08. The number of esters is 1. The molecule has 2 N–H and O–H groups in total. The van der Waals surface area contributed by atoms with E-state index in [0.29, 0.717) is 13.0 Å². The first kappa shape index (κ1) is 22.0. The normalized spacial score (nSPS) is 13.0. The van der Waals surface area contributed by atoms with E-state index in [9.17, 15) is 9.59 Å². The van der Waals surface area contributed by atoms with Crippen molar-refractivity contribution in [2.75, 3.05) is 13.1 Å². The molecule has 0 saturated carbocycles. The average molecular weight is 364 g/mol. The van der Waals surface area contributed by atoms with E-state index in [-0.39, 0.29) is 18.6 Å². The van der Waals surface area contributed by atoms with Gasteiger partial charge in [-0.1, -0.05) is 30.3 Å². The van der Waals surface area contributed by atoms with Crippen LogP contribution in [-0.4, -0.2) is 42.4 Å². The van der Waals surface area contributed by atoms with Crippen molar-refractivity contribution < 1.29 is 19.1 Å². The predicted molar refractivity (Wildman–Crippen MR) is 102 cm³/mol. The Labute approximate surface area is 156 Å². The zero-order valence-corrected chi connectivity index (χ0v) is 16.7. The Morgan fingerprint density at radius 2 is 1.54 bits per heavy atom. The molecule has 26 heavy (non-hydrogen) atoms. The molecule has 6 nitrogen and oxygen atoms in total. The first-order valence-corrected chi connectivity index (χ1v) is 8.90. The van der Waals surface area contributed by atoms with Crippen LogP contribution in [-0.2, 0) is 20.7 Å². The first-order valence-electron chi connectivity index (χ1n) is 8.90. The predicted octanol–water partition coefficient (Wildman–Crippen LogP) is 3.05. The van der Waals surface area contributed by atoms with E-state index in [4.69, 9.17) is 9.47 Å². The summed E-state index contributed by atoms with van der Waals surface area (Å²) in [6.45, 7) is 11.4. The molecule has 0 aliphatic rings. The van der Waals surface area contributed by atoms with Gasteiger partial charge in [-0.15, -0.1) is 0 Å². The van der Waals surface area contributed by atoms with E-state index >= 15 is 0 Å². The van der Waals surface area contributed by atoms with Crippen LogP contribution in [0.2, 0.25) is 0 Å². The molecule has 0 aromatic heterocycles. The number of ether oxygens (including phenoxy) is 2. The molecule has 1 rings (SSSR count). The third kappa shape index (κ3) is 10.7. The average Bonchev–Trinajstić information content (AvgIpc) is 2.44. The lowest BCUT2D eigenvalue weighted by molar-refractivity contribution is -0.153. The van der Waals surface area contributed by atoms with Crippen LogP contribution in [0.1, 0.15) is 47.1 Å². The molecule has 0 aliphatic carbocycles. The van der Waals surface area contributed by atoms with Gasteiger partial charge in [0.2, 0.25) is 0 Å². The lowest BCUT2D eigenvalue weighted by Crippen LogP contribution is -2.46. The van der Waals surface area contributed by atoms with Gasteiger partial charge in [0.1, 0.15) is 11.2 Å². The molecule has 0 unspecified atom stereocenters. The van der Waals surface area contributed by atoms with Crippen molar-refractivity contribution in [2.24, 2.45) is 0 Å². The third-order valence-corrected chi connectivity index (χ3v) is 3.13. The molecular formula is C20H32N2O4. The molecule has 0 bridgehead atoms. The zero-order valence-electron chi connectivity index (χ0n) is 16.7. The summed E-state index contributed by atoms with van der Waals surface area (Å²) in [5, 5.41) is 5.92. The molecule has 1 aromatic carbocycles. The summed E-state index contributed by atoms with van der Waals surface area (Å²) in [4.78, 5) is 23.9. The molecular weight excluding hydrogens is 332 g/mol. The van der Waals surface area contributed by atoms with Crippen molar-refractivity contribution >= 4 is 12.1 Å². The molecule has 146 valence electrons. The minimum Gasteiger partial charge on any atom is -0.459 e. The maximum atomic E-state index is 12.1. The SMILES string of the molecule is CC(C)(C)OC(=O)CNC[C@H](Cc1ccccc1)NC(=O)OC(C)(C)C. The van der Waals surface area contributed by atoms with Gasteiger partial charge in [0.05, 0.1) is 6.54 Å². The fourth-order valence-electron chi connectivity index (χ4n) is 2.27. The minimum absolute atomic E-state index is 0.0819. The summed E-state index contributed by atoms with van der Waals surface area (Å²) in [7, 11) is 0. The maximum Gasteiger partial charge on any atom is 0.407 e. The number of rotatable bonds is 7. The van der Waals surface area contributed by atoms with Gasteiger partial charge in [-0.2, -0.15) is 0 Å². The Morgan fingerprint density at radius 1 is 0.962 bits per heavy atom. The number of carbonyl (C=O) groups excluding carboxylic acids is 2. The molecule has 0 spiro atoms. The third-order valence-electron chi connectivity index (χ3n) is 3.13. The van der Waals surface area contributed by atoms with E-state index in [1.807, 2.05) is 71.9 Å². The Balaban J connectivity index is 2.60. The summed E-state index contributed by atoms with van der Waals surface area (Å²) in [5.41, 5.74) is 0.00933. The van der Waals surface area contributed by atoms with Crippen molar-refractivity contribution in [2.45, 2.75) is 65.2 Å². The van der Waals surface area contributed by atoms with Gasteiger partial charge >= 0.3 is 12.1 Å². The van der Waals surface area contributed by atoms with Crippen LogP contribution in [0.15, 0.2) is 30.3 Å². The van der Waals surface area contributed by atoms with Crippen LogP contribution in [0.4, 0.5) is 4.79 Å². The van der Waals surface area contributed by atoms with E-state index in [1.54, 1.807) is 0 Å². The number of hydrogen-bond donors (Lipinski definition) is 2. The van der Waals surface area contributed by atoms with Gasteiger partial charge in [0.15, 0.2) is 0 Å². The number of amides is 1. The molecule has 0 heterocycles. The fourth-order valence-corrected chi connectivity index (χ4v) is 2.27. The van der Waals surface area contributed by atoms with Gasteiger partial charge in [-0.3, -0.25) is 4.79 Å². The lowest BCUT2D eigenvalue weighted by atomic mass is 10.1. The summed E-state index contributed by atoms with van der Waals surface area (Å²) in [5.74, 6) is -0.326. The quantitative estimate of drug-likeness (QED) is 0.727. The van der Waals surface area contributed by atoms with Gasteiger partial charge < -0.3 is 20.1 Å². The largest absolute Gasteiger partial charge is 0.459 e.